The van der Waals surface area contributed by atoms with Gasteiger partial charge in [0.25, 0.3) is 0 Å². The van der Waals surface area contributed by atoms with Gasteiger partial charge in [-0.15, -0.1) is 0 Å². The van der Waals surface area contributed by atoms with Crippen LogP contribution in [0.1, 0.15) is 31.4 Å². The first-order valence-electron chi connectivity index (χ1n) is 5.69. The molecular weight excluding hydrogens is 262 g/mol. The van der Waals surface area contributed by atoms with Crippen LogP contribution in [0.15, 0.2) is 18.2 Å². The monoisotopic (exact) mass is 278 g/mol. The van der Waals surface area contributed by atoms with Crippen molar-refractivity contribution in [2.24, 2.45) is 0 Å². The lowest BCUT2D eigenvalue weighted by molar-refractivity contribution is 0.162. The molecule has 0 saturated carbocycles. The number of aliphatic hydroxyl groups is 1. The first-order valence-corrected chi connectivity index (χ1v) is 7.51. The van der Waals surface area contributed by atoms with E-state index in [1.54, 1.807) is 6.92 Å². The van der Waals surface area contributed by atoms with Gasteiger partial charge in [-0.05, 0) is 18.9 Å². The Balaban J connectivity index is 2.58. The number of sulfone groups is 1. The predicted molar refractivity (Wildman–Crippen MR) is 64.9 cm³/mol. The minimum Gasteiger partial charge on any atom is -0.388 e. The first kappa shape index (κ1) is 15.0. The van der Waals surface area contributed by atoms with E-state index in [0.717, 1.165) is 6.07 Å². The van der Waals surface area contributed by atoms with Crippen molar-refractivity contribution in [1.82, 2.24) is 0 Å². The molecule has 0 fully saturated rings. The average Bonchev–Trinajstić information content (AvgIpc) is 2.28. The molecule has 1 aromatic rings. The van der Waals surface area contributed by atoms with Crippen molar-refractivity contribution in [1.29, 1.82) is 0 Å². The highest BCUT2D eigenvalue weighted by molar-refractivity contribution is 7.91. The van der Waals surface area contributed by atoms with Crippen LogP contribution in [0.3, 0.4) is 0 Å². The summed E-state index contributed by atoms with van der Waals surface area (Å²) in [4.78, 5) is 0. The van der Waals surface area contributed by atoms with Crippen molar-refractivity contribution in [2.45, 2.75) is 25.9 Å². The van der Waals surface area contributed by atoms with Gasteiger partial charge in [0.2, 0.25) is 0 Å². The zero-order valence-electron chi connectivity index (χ0n) is 10.1. The smallest absolute Gasteiger partial charge is 0.150 e. The fraction of sp³-hybridized carbons (Fsp3) is 0.500. The Hall–Kier alpha value is -1.01. The van der Waals surface area contributed by atoms with Crippen molar-refractivity contribution in [2.75, 3.05) is 11.5 Å². The van der Waals surface area contributed by atoms with Crippen LogP contribution < -0.4 is 0 Å². The molecule has 0 aromatic heterocycles. The molecule has 0 bridgehead atoms. The molecule has 6 heteroatoms. The summed E-state index contributed by atoms with van der Waals surface area (Å²) in [5.41, 5.74) is -0.00898. The van der Waals surface area contributed by atoms with E-state index in [4.69, 9.17) is 0 Å². The minimum absolute atomic E-state index is 0.00898. The molecule has 0 radical (unpaired) electrons. The molecule has 0 aliphatic carbocycles. The highest BCUT2D eigenvalue weighted by atomic mass is 32.2. The molecule has 0 spiro atoms. The van der Waals surface area contributed by atoms with E-state index in [9.17, 15) is 22.3 Å². The van der Waals surface area contributed by atoms with Gasteiger partial charge in [0.15, 0.2) is 0 Å². The summed E-state index contributed by atoms with van der Waals surface area (Å²) in [5, 5.41) is 9.70. The SMILES string of the molecule is CCS(=O)(=O)CCCC(O)c1ccc(F)cc1F. The summed E-state index contributed by atoms with van der Waals surface area (Å²) < 4.78 is 48.4. The zero-order valence-corrected chi connectivity index (χ0v) is 10.9. The van der Waals surface area contributed by atoms with E-state index in [0.29, 0.717) is 6.07 Å². The lowest BCUT2D eigenvalue weighted by Crippen LogP contribution is -2.10. The standard InChI is InChI=1S/C12H16F2O3S/c1-2-18(16,17)7-3-4-12(15)10-6-5-9(13)8-11(10)14/h5-6,8,12,15H,2-4,7H2,1H3. The van der Waals surface area contributed by atoms with Gasteiger partial charge in [0.1, 0.15) is 21.5 Å². The van der Waals surface area contributed by atoms with Crippen LogP contribution in [0.2, 0.25) is 0 Å². The summed E-state index contributed by atoms with van der Waals surface area (Å²) >= 11 is 0. The van der Waals surface area contributed by atoms with Gasteiger partial charge in [0, 0.05) is 17.4 Å². The van der Waals surface area contributed by atoms with Gasteiger partial charge in [-0.3, -0.25) is 0 Å². The molecule has 0 saturated heterocycles. The maximum atomic E-state index is 13.3. The van der Waals surface area contributed by atoms with Crippen LogP contribution in [0.4, 0.5) is 8.78 Å². The van der Waals surface area contributed by atoms with E-state index in [1.165, 1.54) is 6.07 Å². The minimum atomic E-state index is -3.08. The molecule has 1 unspecified atom stereocenters. The summed E-state index contributed by atoms with van der Waals surface area (Å²) in [6, 6.07) is 2.93. The number of aliphatic hydroxyl groups excluding tert-OH is 1. The zero-order chi connectivity index (χ0) is 13.8. The van der Waals surface area contributed by atoms with Gasteiger partial charge in [-0.2, -0.15) is 0 Å². The summed E-state index contributed by atoms with van der Waals surface area (Å²) in [6.07, 6.45) is -0.742. The molecular formula is C12H16F2O3S. The van der Waals surface area contributed by atoms with Crippen molar-refractivity contribution >= 4 is 9.84 Å². The second-order valence-electron chi connectivity index (χ2n) is 4.06. The third-order valence-electron chi connectivity index (χ3n) is 2.69. The van der Waals surface area contributed by atoms with Crippen LogP contribution >= 0.6 is 0 Å². The fourth-order valence-corrected chi connectivity index (χ4v) is 2.46. The average molecular weight is 278 g/mol. The number of rotatable bonds is 6. The van der Waals surface area contributed by atoms with Crippen molar-refractivity contribution in [3.63, 3.8) is 0 Å². The van der Waals surface area contributed by atoms with Gasteiger partial charge in [-0.25, -0.2) is 17.2 Å². The van der Waals surface area contributed by atoms with Crippen LogP contribution in [-0.2, 0) is 9.84 Å². The molecule has 0 aliphatic rings. The molecule has 3 nitrogen and oxygen atoms in total. The second-order valence-corrected chi connectivity index (χ2v) is 6.53. The Kier molecular flexibility index (Phi) is 5.22. The normalized spacial score (nSPS) is 13.6. The van der Waals surface area contributed by atoms with Gasteiger partial charge in [0.05, 0.1) is 11.9 Å². The van der Waals surface area contributed by atoms with E-state index in [2.05, 4.69) is 0 Å². The summed E-state index contributed by atoms with van der Waals surface area (Å²) in [6.45, 7) is 1.55. The van der Waals surface area contributed by atoms with E-state index >= 15 is 0 Å². The molecule has 102 valence electrons. The summed E-state index contributed by atoms with van der Waals surface area (Å²) in [5.74, 6) is -1.52. The number of benzene rings is 1. The third kappa shape index (κ3) is 4.34. The Morgan fingerprint density at radius 2 is 2.00 bits per heavy atom. The molecule has 1 N–H and O–H groups in total. The highest BCUT2D eigenvalue weighted by Crippen LogP contribution is 2.22. The largest absolute Gasteiger partial charge is 0.388 e. The predicted octanol–water partition coefficient (Wildman–Crippen LogP) is 2.21. The molecule has 1 atom stereocenters. The Morgan fingerprint density at radius 3 is 2.56 bits per heavy atom. The lowest BCUT2D eigenvalue weighted by Gasteiger charge is -2.11. The highest BCUT2D eigenvalue weighted by Gasteiger charge is 2.15. The quantitative estimate of drug-likeness (QED) is 0.868. The lowest BCUT2D eigenvalue weighted by atomic mass is 10.0. The number of hydrogen-bond donors (Lipinski definition) is 1. The molecule has 18 heavy (non-hydrogen) atoms. The Bertz CT molecular complexity index is 500. The van der Waals surface area contributed by atoms with Gasteiger partial charge >= 0.3 is 0 Å². The maximum absolute atomic E-state index is 13.3. The topological polar surface area (TPSA) is 54.4 Å². The Labute approximate surface area is 105 Å². The van der Waals surface area contributed by atoms with Crippen LogP contribution in [-0.4, -0.2) is 25.0 Å². The second kappa shape index (κ2) is 6.24. The van der Waals surface area contributed by atoms with Crippen LogP contribution in [0, 0.1) is 11.6 Å². The van der Waals surface area contributed by atoms with E-state index in [1.807, 2.05) is 0 Å². The Morgan fingerprint density at radius 1 is 1.33 bits per heavy atom. The van der Waals surface area contributed by atoms with E-state index < -0.39 is 27.6 Å². The number of hydrogen-bond acceptors (Lipinski definition) is 3. The molecule has 0 heterocycles. The fourth-order valence-electron chi connectivity index (χ4n) is 1.57. The van der Waals surface area contributed by atoms with Crippen molar-refractivity contribution < 1.29 is 22.3 Å². The maximum Gasteiger partial charge on any atom is 0.150 e. The van der Waals surface area contributed by atoms with E-state index in [-0.39, 0.29) is 29.9 Å². The third-order valence-corrected chi connectivity index (χ3v) is 4.48. The number of halogens is 2. The molecule has 0 amide bonds. The summed E-state index contributed by atoms with van der Waals surface area (Å²) in [7, 11) is -3.08. The molecule has 0 aliphatic heterocycles. The van der Waals surface area contributed by atoms with Gasteiger partial charge < -0.3 is 5.11 Å². The van der Waals surface area contributed by atoms with Crippen molar-refractivity contribution in [3.05, 3.63) is 35.4 Å². The first-order chi connectivity index (χ1) is 8.35. The molecule has 1 aromatic carbocycles. The van der Waals surface area contributed by atoms with Gasteiger partial charge in [-0.1, -0.05) is 13.0 Å². The molecule has 1 rings (SSSR count). The van der Waals surface area contributed by atoms with Crippen molar-refractivity contribution in [3.8, 4) is 0 Å². The van der Waals surface area contributed by atoms with Crippen LogP contribution in [0.5, 0.6) is 0 Å². The van der Waals surface area contributed by atoms with Crippen LogP contribution in [0.25, 0.3) is 0 Å².